The minimum absolute atomic E-state index is 0.0149. The maximum atomic E-state index is 11.8. The van der Waals surface area contributed by atoms with Gasteiger partial charge in [-0.25, -0.2) is 0 Å². The lowest BCUT2D eigenvalue weighted by Crippen LogP contribution is -2.35. The van der Waals surface area contributed by atoms with Crippen molar-refractivity contribution >= 4 is 5.91 Å². The van der Waals surface area contributed by atoms with Crippen molar-refractivity contribution in [3.8, 4) is 0 Å². The molecule has 1 heterocycles. The van der Waals surface area contributed by atoms with E-state index in [-0.39, 0.29) is 18.0 Å². The Bertz CT molecular complexity index is 463. The smallest absolute Gasteiger partial charge is 0.269 e. The summed E-state index contributed by atoms with van der Waals surface area (Å²) >= 11 is 0. The van der Waals surface area contributed by atoms with Crippen molar-refractivity contribution in [1.29, 1.82) is 0 Å². The number of nitrogens with zero attached hydrogens (tertiary/aromatic N) is 3. The minimum Gasteiger partial charge on any atom is -0.341 e. The van der Waals surface area contributed by atoms with Crippen molar-refractivity contribution in [3.05, 3.63) is 28.4 Å². The molecule has 1 aliphatic rings. The Kier molecular flexibility index (Phi) is 2.77. The summed E-state index contributed by atoms with van der Waals surface area (Å²) in [5.74, 6) is -0.0149. The van der Waals surface area contributed by atoms with Gasteiger partial charge in [-0.1, -0.05) is 0 Å². The van der Waals surface area contributed by atoms with E-state index < -0.39 is 0 Å². The maximum absolute atomic E-state index is 11.8. The predicted octanol–water partition coefficient (Wildman–Crippen LogP) is 0.173. The number of likely N-dealkylation sites (N-methyl/N-ethyl adjacent to an activating group) is 1. The van der Waals surface area contributed by atoms with Crippen LogP contribution in [0.1, 0.15) is 18.5 Å². The van der Waals surface area contributed by atoms with Gasteiger partial charge in [0.15, 0.2) is 0 Å². The molecule has 2 rings (SSSR count). The number of rotatable bonds is 3. The molecule has 0 saturated heterocycles. The molecular weight excluding hydrogens is 206 g/mol. The van der Waals surface area contributed by atoms with Gasteiger partial charge in [0.2, 0.25) is 5.91 Å². The lowest BCUT2D eigenvalue weighted by atomic mass is 10.4. The van der Waals surface area contributed by atoms with Crippen LogP contribution >= 0.6 is 0 Å². The first-order valence-corrected chi connectivity index (χ1v) is 5.36. The molecule has 0 aromatic carbocycles. The maximum Gasteiger partial charge on any atom is 0.269 e. The molecule has 1 fully saturated rings. The van der Waals surface area contributed by atoms with Gasteiger partial charge < -0.3 is 9.47 Å². The highest BCUT2D eigenvalue weighted by Gasteiger charge is 2.29. The molecule has 16 heavy (non-hydrogen) atoms. The summed E-state index contributed by atoms with van der Waals surface area (Å²) in [5.41, 5.74) is 0.489. The highest BCUT2D eigenvalue weighted by Crippen LogP contribution is 2.25. The van der Waals surface area contributed by atoms with Gasteiger partial charge in [0.1, 0.15) is 6.54 Å². The SMILES string of the molecule is Cc1cncc(=O)n1CC(=O)N(C)C1CC1. The predicted molar refractivity (Wildman–Crippen MR) is 59.0 cm³/mol. The number of carbonyl (C=O) groups is 1. The van der Waals surface area contributed by atoms with E-state index in [1.54, 1.807) is 25.1 Å². The molecule has 0 atom stereocenters. The van der Waals surface area contributed by atoms with Gasteiger partial charge in [0, 0.05) is 25.0 Å². The Hall–Kier alpha value is -1.65. The van der Waals surface area contributed by atoms with Crippen LogP contribution in [-0.2, 0) is 11.3 Å². The third-order valence-corrected chi connectivity index (χ3v) is 2.92. The van der Waals surface area contributed by atoms with E-state index in [2.05, 4.69) is 4.98 Å². The van der Waals surface area contributed by atoms with Crippen molar-refractivity contribution in [1.82, 2.24) is 14.5 Å². The van der Waals surface area contributed by atoms with Crippen LogP contribution in [0.5, 0.6) is 0 Å². The van der Waals surface area contributed by atoms with Gasteiger partial charge in [0.05, 0.1) is 6.20 Å². The number of aromatic nitrogens is 2. The van der Waals surface area contributed by atoms with Gasteiger partial charge in [-0.05, 0) is 19.8 Å². The van der Waals surface area contributed by atoms with E-state index in [1.165, 1.54) is 10.8 Å². The summed E-state index contributed by atoms with van der Waals surface area (Å²) in [6, 6.07) is 0.380. The van der Waals surface area contributed by atoms with Gasteiger partial charge in [-0.2, -0.15) is 0 Å². The summed E-state index contributed by atoms with van der Waals surface area (Å²) in [6.07, 6.45) is 4.97. The molecule has 0 bridgehead atoms. The number of hydrogen-bond donors (Lipinski definition) is 0. The summed E-state index contributed by atoms with van der Waals surface area (Å²) in [4.78, 5) is 28.9. The van der Waals surface area contributed by atoms with Gasteiger partial charge >= 0.3 is 0 Å². The van der Waals surface area contributed by atoms with E-state index in [9.17, 15) is 9.59 Å². The zero-order chi connectivity index (χ0) is 11.7. The Morgan fingerprint density at radius 3 is 2.81 bits per heavy atom. The van der Waals surface area contributed by atoms with E-state index in [0.29, 0.717) is 11.7 Å². The number of hydrogen-bond acceptors (Lipinski definition) is 3. The van der Waals surface area contributed by atoms with E-state index in [4.69, 9.17) is 0 Å². The summed E-state index contributed by atoms with van der Waals surface area (Å²) in [6.45, 7) is 1.89. The van der Waals surface area contributed by atoms with Crippen molar-refractivity contribution in [3.63, 3.8) is 0 Å². The van der Waals surface area contributed by atoms with Crippen molar-refractivity contribution < 1.29 is 4.79 Å². The second-order valence-corrected chi connectivity index (χ2v) is 4.21. The quantitative estimate of drug-likeness (QED) is 0.731. The molecular formula is C11H15N3O2. The highest BCUT2D eigenvalue weighted by molar-refractivity contribution is 5.76. The van der Waals surface area contributed by atoms with E-state index >= 15 is 0 Å². The van der Waals surface area contributed by atoms with E-state index in [0.717, 1.165) is 12.8 Å². The normalized spacial score (nSPS) is 14.9. The first-order chi connectivity index (χ1) is 7.59. The lowest BCUT2D eigenvalue weighted by molar-refractivity contribution is -0.131. The lowest BCUT2D eigenvalue weighted by Gasteiger charge is -2.17. The molecule has 86 valence electrons. The first kappa shape index (κ1) is 10.9. The van der Waals surface area contributed by atoms with Gasteiger partial charge in [0.25, 0.3) is 5.56 Å². The summed E-state index contributed by atoms with van der Waals surface area (Å²) in [5, 5.41) is 0. The van der Waals surface area contributed by atoms with Crippen LogP contribution in [0.3, 0.4) is 0 Å². The van der Waals surface area contributed by atoms with Crippen LogP contribution in [0.4, 0.5) is 0 Å². The van der Waals surface area contributed by atoms with Crippen LogP contribution in [-0.4, -0.2) is 33.4 Å². The third kappa shape index (κ3) is 2.13. The Morgan fingerprint density at radius 2 is 2.25 bits per heavy atom. The average molecular weight is 221 g/mol. The molecule has 1 amide bonds. The second-order valence-electron chi connectivity index (χ2n) is 4.21. The Labute approximate surface area is 93.7 Å². The highest BCUT2D eigenvalue weighted by atomic mass is 16.2. The molecule has 5 nitrogen and oxygen atoms in total. The standard InChI is InChI=1S/C11H15N3O2/c1-8-5-12-6-10(15)14(8)7-11(16)13(2)9-3-4-9/h5-6,9H,3-4,7H2,1-2H3. The minimum atomic E-state index is -0.224. The molecule has 0 radical (unpaired) electrons. The third-order valence-electron chi connectivity index (χ3n) is 2.92. The second kappa shape index (κ2) is 4.08. The fraction of sp³-hybridized carbons (Fsp3) is 0.545. The monoisotopic (exact) mass is 221 g/mol. The topological polar surface area (TPSA) is 55.2 Å². The van der Waals surface area contributed by atoms with Gasteiger partial charge in [-0.3, -0.25) is 14.6 Å². The van der Waals surface area contributed by atoms with Crippen LogP contribution in [0, 0.1) is 6.92 Å². The molecule has 0 aliphatic heterocycles. The largest absolute Gasteiger partial charge is 0.341 e. The van der Waals surface area contributed by atoms with E-state index in [1.807, 2.05) is 0 Å². The van der Waals surface area contributed by atoms with Crippen molar-refractivity contribution in [2.75, 3.05) is 7.05 Å². The summed E-state index contributed by atoms with van der Waals surface area (Å²) < 4.78 is 1.45. The summed E-state index contributed by atoms with van der Waals surface area (Å²) in [7, 11) is 1.79. The number of aryl methyl sites for hydroxylation is 1. The molecule has 0 N–H and O–H groups in total. The van der Waals surface area contributed by atoms with Crippen molar-refractivity contribution in [2.24, 2.45) is 0 Å². The number of carbonyl (C=O) groups excluding carboxylic acids is 1. The van der Waals surface area contributed by atoms with Gasteiger partial charge in [-0.15, -0.1) is 0 Å². The first-order valence-electron chi connectivity index (χ1n) is 5.36. The molecule has 0 spiro atoms. The molecule has 0 unspecified atom stereocenters. The fourth-order valence-corrected chi connectivity index (χ4v) is 1.64. The van der Waals surface area contributed by atoms with Crippen molar-refractivity contribution in [2.45, 2.75) is 32.4 Å². The van der Waals surface area contributed by atoms with Crippen LogP contribution in [0.25, 0.3) is 0 Å². The van der Waals surface area contributed by atoms with Crippen LogP contribution in [0.15, 0.2) is 17.2 Å². The zero-order valence-electron chi connectivity index (χ0n) is 9.51. The Morgan fingerprint density at radius 1 is 1.56 bits per heavy atom. The average Bonchev–Trinajstić information content (AvgIpc) is 3.06. The van der Waals surface area contributed by atoms with Crippen LogP contribution < -0.4 is 5.56 Å². The van der Waals surface area contributed by atoms with Crippen LogP contribution in [0.2, 0.25) is 0 Å². The molecule has 1 aromatic rings. The molecule has 1 aromatic heterocycles. The number of amides is 1. The fourth-order valence-electron chi connectivity index (χ4n) is 1.64. The zero-order valence-corrected chi connectivity index (χ0v) is 9.51. The Balaban J connectivity index is 2.14. The molecule has 5 heteroatoms. The molecule has 1 saturated carbocycles. The molecule has 1 aliphatic carbocycles.